The van der Waals surface area contributed by atoms with E-state index in [2.05, 4.69) is 72.7 Å². The van der Waals surface area contributed by atoms with Gasteiger partial charge in [0, 0.05) is 30.1 Å². The molecule has 1 rings (SSSR count). The Labute approximate surface area is 130 Å². The maximum atomic E-state index is 4.88. The summed E-state index contributed by atoms with van der Waals surface area (Å²) in [4.78, 5) is 11.9. The lowest BCUT2D eigenvalue weighted by atomic mass is 9.95. The van der Waals surface area contributed by atoms with Gasteiger partial charge < -0.3 is 10.2 Å². The van der Waals surface area contributed by atoms with E-state index in [0.717, 1.165) is 36.0 Å². The molecule has 0 aliphatic rings. The first-order chi connectivity index (χ1) is 9.54. The van der Waals surface area contributed by atoms with Crippen molar-refractivity contribution < 1.29 is 0 Å². The summed E-state index contributed by atoms with van der Waals surface area (Å²) in [6.45, 7) is 18.2. The maximum Gasteiger partial charge on any atom is 0.138 e. The molecule has 120 valence electrons. The third-order valence-corrected chi connectivity index (χ3v) is 4.23. The topological polar surface area (TPSA) is 41.1 Å². The molecule has 0 aliphatic heterocycles. The van der Waals surface area contributed by atoms with Gasteiger partial charge >= 0.3 is 0 Å². The predicted octanol–water partition coefficient (Wildman–Crippen LogP) is 4.14. The predicted molar refractivity (Wildman–Crippen MR) is 92.4 cm³/mol. The molecular weight excluding hydrogens is 260 g/mol. The zero-order valence-electron chi connectivity index (χ0n) is 15.3. The van der Waals surface area contributed by atoms with Gasteiger partial charge in [-0.3, -0.25) is 0 Å². The van der Waals surface area contributed by atoms with Crippen LogP contribution in [0.25, 0.3) is 0 Å². The van der Waals surface area contributed by atoms with Crippen LogP contribution in [0.5, 0.6) is 0 Å². The average Bonchev–Trinajstić information content (AvgIpc) is 2.39. The Morgan fingerprint density at radius 1 is 1.05 bits per heavy atom. The van der Waals surface area contributed by atoms with Gasteiger partial charge in [-0.15, -0.1) is 0 Å². The normalized spacial score (nSPS) is 12.4. The number of anilines is 2. The number of hydrogen-bond donors (Lipinski definition) is 1. The molecule has 0 radical (unpaired) electrons. The molecule has 21 heavy (non-hydrogen) atoms. The first-order valence-electron chi connectivity index (χ1n) is 7.91. The summed E-state index contributed by atoms with van der Waals surface area (Å²) in [7, 11) is 2.13. The first kappa shape index (κ1) is 17.7. The fraction of sp³-hybridized carbons (Fsp3) is 0.765. The van der Waals surface area contributed by atoms with Crippen LogP contribution in [0.2, 0.25) is 0 Å². The van der Waals surface area contributed by atoms with E-state index in [9.17, 15) is 0 Å². The molecule has 0 amide bonds. The minimum absolute atomic E-state index is 0.0657. The van der Waals surface area contributed by atoms with Gasteiger partial charge in [0.2, 0.25) is 0 Å². The van der Waals surface area contributed by atoms with Crippen LogP contribution in [0.3, 0.4) is 0 Å². The Balaban J connectivity index is 3.46. The molecule has 0 saturated carbocycles. The van der Waals surface area contributed by atoms with Crippen LogP contribution in [0, 0.1) is 6.92 Å². The zero-order chi connectivity index (χ0) is 16.4. The van der Waals surface area contributed by atoms with Gasteiger partial charge in [0.05, 0.1) is 0 Å². The van der Waals surface area contributed by atoms with Gasteiger partial charge in [-0.1, -0.05) is 27.7 Å². The highest BCUT2D eigenvalue weighted by Crippen LogP contribution is 2.31. The monoisotopic (exact) mass is 292 g/mol. The van der Waals surface area contributed by atoms with E-state index in [1.165, 1.54) is 0 Å². The largest absolute Gasteiger partial charge is 0.370 e. The van der Waals surface area contributed by atoms with E-state index in [1.807, 2.05) is 0 Å². The fourth-order valence-electron chi connectivity index (χ4n) is 2.03. The van der Waals surface area contributed by atoms with E-state index in [-0.39, 0.29) is 11.0 Å². The Kier molecular flexibility index (Phi) is 5.24. The van der Waals surface area contributed by atoms with Crippen molar-refractivity contribution in [2.45, 2.75) is 72.8 Å². The summed E-state index contributed by atoms with van der Waals surface area (Å²) in [5.41, 5.74) is 1.12. The number of nitrogens with one attached hydrogen (secondary N) is 1. The molecule has 0 aliphatic carbocycles. The molecule has 0 saturated heterocycles. The number of nitrogens with zero attached hydrogens (tertiary/aromatic N) is 3. The molecular formula is C17H32N4. The van der Waals surface area contributed by atoms with Gasteiger partial charge in [-0.05, 0) is 34.1 Å². The number of aromatic nitrogens is 2. The van der Waals surface area contributed by atoms with Gasteiger partial charge in [-0.2, -0.15) is 0 Å². The van der Waals surface area contributed by atoms with E-state index < -0.39 is 0 Å². The van der Waals surface area contributed by atoms with Crippen molar-refractivity contribution in [3.8, 4) is 0 Å². The molecule has 4 nitrogen and oxygen atoms in total. The van der Waals surface area contributed by atoms with Crippen LogP contribution in [0.15, 0.2) is 0 Å². The molecule has 0 fully saturated rings. The summed E-state index contributed by atoms with van der Waals surface area (Å²) >= 11 is 0. The maximum absolute atomic E-state index is 4.88. The lowest BCUT2D eigenvalue weighted by Crippen LogP contribution is -2.42. The second-order valence-electron chi connectivity index (χ2n) is 7.35. The standard InChI is InChI=1S/C17H32N4/c1-10-17(7,8)21(9)14-12(3)13(18-11-2)19-15(20-14)16(4,5)6/h10-11H2,1-9H3,(H,18,19,20). The highest BCUT2D eigenvalue weighted by Gasteiger charge is 2.27. The summed E-state index contributed by atoms with van der Waals surface area (Å²) in [5, 5.41) is 3.38. The smallest absolute Gasteiger partial charge is 0.138 e. The molecule has 0 aromatic carbocycles. The lowest BCUT2D eigenvalue weighted by Gasteiger charge is -2.37. The highest BCUT2D eigenvalue weighted by atomic mass is 15.2. The SMILES string of the molecule is CCNc1nc(C(C)(C)C)nc(N(C)C(C)(C)CC)c1C. The van der Waals surface area contributed by atoms with Crippen molar-refractivity contribution in [1.29, 1.82) is 0 Å². The van der Waals surface area contributed by atoms with Gasteiger partial charge in [0.1, 0.15) is 17.5 Å². The molecule has 1 aromatic rings. The summed E-state index contributed by atoms with van der Waals surface area (Å²) < 4.78 is 0. The Morgan fingerprint density at radius 3 is 2.05 bits per heavy atom. The van der Waals surface area contributed by atoms with Gasteiger partial charge in [-0.25, -0.2) is 9.97 Å². The van der Waals surface area contributed by atoms with Crippen molar-refractivity contribution in [2.24, 2.45) is 0 Å². The van der Waals surface area contributed by atoms with Crippen LogP contribution < -0.4 is 10.2 Å². The molecule has 0 atom stereocenters. The molecule has 1 N–H and O–H groups in total. The van der Waals surface area contributed by atoms with Crippen molar-refractivity contribution in [1.82, 2.24) is 9.97 Å². The Hall–Kier alpha value is -1.32. The van der Waals surface area contributed by atoms with Gasteiger partial charge in [0.25, 0.3) is 0 Å². The van der Waals surface area contributed by atoms with Crippen LogP contribution in [-0.4, -0.2) is 29.1 Å². The zero-order valence-corrected chi connectivity index (χ0v) is 15.3. The summed E-state index contributed by atoms with van der Waals surface area (Å²) in [6.07, 6.45) is 1.06. The minimum atomic E-state index is -0.0657. The van der Waals surface area contributed by atoms with Crippen molar-refractivity contribution in [3.63, 3.8) is 0 Å². The van der Waals surface area contributed by atoms with Crippen LogP contribution in [-0.2, 0) is 5.41 Å². The number of rotatable bonds is 5. The molecule has 0 unspecified atom stereocenters. The molecule has 0 bridgehead atoms. The Morgan fingerprint density at radius 2 is 1.62 bits per heavy atom. The van der Waals surface area contributed by atoms with Crippen molar-refractivity contribution in [2.75, 3.05) is 23.8 Å². The minimum Gasteiger partial charge on any atom is -0.370 e. The quantitative estimate of drug-likeness (QED) is 0.885. The lowest BCUT2D eigenvalue weighted by molar-refractivity contribution is 0.462. The first-order valence-corrected chi connectivity index (χ1v) is 7.91. The summed E-state index contributed by atoms with van der Waals surface area (Å²) in [5.74, 6) is 2.86. The van der Waals surface area contributed by atoms with Gasteiger partial charge in [0.15, 0.2) is 0 Å². The third-order valence-electron chi connectivity index (χ3n) is 4.23. The highest BCUT2D eigenvalue weighted by molar-refractivity contribution is 5.59. The van der Waals surface area contributed by atoms with Crippen LogP contribution in [0.1, 0.15) is 66.3 Å². The van der Waals surface area contributed by atoms with Crippen molar-refractivity contribution >= 4 is 11.6 Å². The molecule has 1 aromatic heterocycles. The number of hydrogen-bond acceptors (Lipinski definition) is 4. The second kappa shape index (κ2) is 6.20. The molecule has 0 spiro atoms. The molecule has 4 heteroatoms. The van der Waals surface area contributed by atoms with E-state index in [0.29, 0.717) is 0 Å². The van der Waals surface area contributed by atoms with E-state index in [4.69, 9.17) is 9.97 Å². The molecule has 1 heterocycles. The third kappa shape index (κ3) is 3.86. The fourth-order valence-corrected chi connectivity index (χ4v) is 2.03. The van der Waals surface area contributed by atoms with Crippen molar-refractivity contribution in [3.05, 3.63) is 11.4 Å². The van der Waals surface area contributed by atoms with Crippen LogP contribution in [0.4, 0.5) is 11.6 Å². The van der Waals surface area contributed by atoms with E-state index in [1.54, 1.807) is 0 Å². The van der Waals surface area contributed by atoms with Crippen LogP contribution >= 0.6 is 0 Å². The van der Waals surface area contributed by atoms with E-state index >= 15 is 0 Å². The Bertz CT molecular complexity index is 486. The average molecular weight is 292 g/mol. The summed E-state index contributed by atoms with van der Waals surface area (Å²) in [6, 6.07) is 0. The second-order valence-corrected chi connectivity index (χ2v) is 7.35.